The van der Waals surface area contributed by atoms with Crippen LogP contribution in [-0.2, 0) is 6.54 Å². The van der Waals surface area contributed by atoms with Crippen LogP contribution in [0.4, 0.5) is 10.1 Å². The first kappa shape index (κ1) is 12.6. The Morgan fingerprint density at radius 3 is 3.00 bits per heavy atom. The number of anilines is 1. The van der Waals surface area contributed by atoms with Crippen molar-refractivity contribution in [1.29, 1.82) is 0 Å². The Labute approximate surface area is 111 Å². The quantitative estimate of drug-likeness (QED) is 0.756. The van der Waals surface area contributed by atoms with E-state index in [1.165, 1.54) is 18.5 Å². The average molecular weight is 313 g/mol. The zero-order valence-electron chi connectivity index (χ0n) is 9.21. The largest absolute Gasteiger partial charge is 0.396 e. The Balaban J connectivity index is 2.11. The number of amides is 1. The molecule has 0 atom stereocenters. The van der Waals surface area contributed by atoms with Crippen molar-refractivity contribution in [3.8, 4) is 0 Å². The summed E-state index contributed by atoms with van der Waals surface area (Å²) in [4.78, 5) is 18.6. The Morgan fingerprint density at radius 1 is 1.56 bits per heavy atom. The van der Waals surface area contributed by atoms with Gasteiger partial charge >= 0.3 is 0 Å². The van der Waals surface area contributed by atoms with E-state index in [1.807, 2.05) is 0 Å². The van der Waals surface area contributed by atoms with Crippen LogP contribution < -0.4 is 11.1 Å². The average Bonchev–Trinajstić information content (AvgIpc) is 2.84. The van der Waals surface area contributed by atoms with Crippen molar-refractivity contribution < 1.29 is 9.18 Å². The van der Waals surface area contributed by atoms with Crippen LogP contribution in [0, 0.1) is 5.82 Å². The van der Waals surface area contributed by atoms with Crippen LogP contribution >= 0.6 is 15.9 Å². The molecule has 0 saturated heterocycles. The van der Waals surface area contributed by atoms with Crippen molar-refractivity contribution in [3.63, 3.8) is 0 Å². The van der Waals surface area contributed by atoms with E-state index in [0.717, 1.165) is 5.69 Å². The number of aromatic nitrogens is 2. The Hall–Kier alpha value is -1.89. The molecule has 7 heteroatoms. The third-order valence-corrected chi connectivity index (χ3v) is 2.98. The molecule has 18 heavy (non-hydrogen) atoms. The molecular formula is C11H10BrFN4O. The minimum Gasteiger partial charge on any atom is -0.396 e. The molecule has 0 aliphatic carbocycles. The van der Waals surface area contributed by atoms with Gasteiger partial charge in [-0.25, -0.2) is 9.37 Å². The minimum atomic E-state index is -0.563. The van der Waals surface area contributed by atoms with Gasteiger partial charge in [-0.15, -0.1) is 0 Å². The van der Waals surface area contributed by atoms with Crippen molar-refractivity contribution in [2.24, 2.45) is 0 Å². The number of halogens is 2. The number of nitrogens with one attached hydrogen (secondary N) is 2. The molecule has 0 bridgehead atoms. The van der Waals surface area contributed by atoms with Gasteiger partial charge in [0.05, 0.1) is 29.8 Å². The third kappa shape index (κ3) is 2.67. The molecule has 1 amide bonds. The lowest BCUT2D eigenvalue weighted by Gasteiger charge is -2.07. The maximum absolute atomic E-state index is 13.1. The summed E-state index contributed by atoms with van der Waals surface area (Å²) in [5.41, 5.74) is 6.42. The molecule has 1 aromatic carbocycles. The first-order chi connectivity index (χ1) is 8.58. The topological polar surface area (TPSA) is 83.8 Å². The molecule has 0 spiro atoms. The molecule has 4 N–H and O–H groups in total. The van der Waals surface area contributed by atoms with Gasteiger partial charge in [0, 0.05) is 10.7 Å². The number of imidazole rings is 1. The number of rotatable bonds is 3. The number of hydrogen-bond donors (Lipinski definition) is 3. The van der Waals surface area contributed by atoms with E-state index in [4.69, 9.17) is 5.73 Å². The van der Waals surface area contributed by atoms with Gasteiger partial charge in [0.25, 0.3) is 5.91 Å². The van der Waals surface area contributed by atoms with Crippen LogP contribution in [0.15, 0.2) is 29.1 Å². The molecule has 5 nitrogen and oxygen atoms in total. The normalized spacial score (nSPS) is 10.3. The van der Waals surface area contributed by atoms with Gasteiger partial charge < -0.3 is 16.0 Å². The predicted octanol–water partition coefficient (Wildman–Crippen LogP) is 1.82. The number of aromatic amines is 1. The highest BCUT2D eigenvalue weighted by atomic mass is 79.9. The van der Waals surface area contributed by atoms with Crippen molar-refractivity contribution >= 4 is 27.5 Å². The smallest absolute Gasteiger partial charge is 0.252 e. The second-order valence-electron chi connectivity index (χ2n) is 3.61. The predicted molar refractivity (Wildman–Crippen MR) is 68.3 cm³/mol. The summed E-state index contributed by atoms with van der Waals surface area (Å²) in [6.07, 6.45) is 3.13. The van der Waals surface area contributed by atoms with Crippen molar-refractivity contribution in [1.82, 2.24) is 15.3 Å². The molecule has 0 aliphatic heterocycles. The Morgan fingerprint density at radius 2 is 2.33 bits per heavy atom. The van der Waals surface area contributed by atoms with Crippen LogP contribution in [0.2, 0.25) is 0 Å². The SMILES string of the molecule is Nc1cc(C(=O)NCc2cnc[nH]2)c(Br)cc1F. The summed E-state index contributed by atoms with van der Waals surface area (Å²) in [6, 6.07) is 2.46. The van der Waals surface area contributed by atoms with Crippen molar-refractivity contribution in [2.75, 3.05) is 5.73 Å². The van der Waals surface area contributed by atoms with E-state index in [9.17, 15) is 9.18 Å². The number of benzene rings is 1. The zero-order chi connectivity index (χ0) is 13.1. The van der Waals surface area contributed by atoms with Crippen LogP contribution in [0.25, 0.3) is 0 Å². The van der Waals surface area contributed by atoms with E-state index in [1.54, 1.807) is 6.20 Å². The van der Waals surface area contributed by atoms with Gasteiger partial charge in [-0.05, 0) is 28.1 Å². The van der Waals surface area contributed by atoms with E-state index in [0.29, 0.717) is 11.0 Å². The van der Waals surface area contributed by atoms with E-state index in [-0.39, 0.29) is 17.2 Å². The van der Waals surface area contributed by atoms with E-state index < -0.39 is 5.82 Å². The van der Waals surface area contributed by atoms with Gasteiger partial charge in [0.15, 0.2) is 0 Å². The lowest BCUT2D eigenvalue weighted by Crippen LogP contribution is -2.23. The lowest BCUT2D eigenvalue weighted by atomic mass is 10.2. The molecule has 0 unspecified atom stereocenters. The number of nitrogens with two attached hydrogens (primary N) is 1. The maximum Gasteiger partial charge on any atom is 0.252 e. The van der Waals surface area contributed by atoms with Crippen molar-refractivity contribution in [2.45, 2.75) is 6.54 Å². The fraction of sp³-hybridized carbons (Fsp3) is 0.0909. The monoisotopic (exact) mass is 312 g/mol. The van der Waals surface area contributed by atoms with Gasteiger partial charge in [0.1, 0.15) is 5.82 Å². The number of carbonyl (C=O) groups excluding carboxylic acids is 1. The summed E-state index contributed by atoms with van der Waals surface area (Å²) in [5, 5.41) is 2.67. The maximum atomic E-state index is 13.1. The molecule has 0 radical (unpaired) electrons. The van der Waals surface area contributed by atoms with Crippen LogP contribution in [0.3, 0.4) is 0 Å². The second-order valence-corrected chi connectivity index (χ2v) is 4.47. The number of H-pyrrole nitrogens is 1. The van der Waals surface area contributed by atoms with Gasteiger partial charge in [-0.1, -0.05) is 0 Å². The highest BCUT2D eigenvalue weighted by molar-refractivity contribution is 9.10. The second kappa shape index (κ2) is 5.18. The Kier molecular flexibility index (Phi) is 3.61. The summed E-state index contributed by atoms with van der Waals surface area (Å²) in [6.45, 7) is 0.308. The summed E-state index contributed by atoms with van der Waals surface area (Å²) in [7, 11) is 0. The Bertz CT molecular complexity index is 571. The lowest BCUT2D eigenvalue weighted by molar-refractivity contribution is 0.0949. The number of nitrogen functional groups attached to an aromatic ring is 1. The molecule has 94 valence electrons. The number of carbonyl (C=O) groups is 1. The third-order valence-electron chi connectivity index (χ3n) is 2.33. The number of nitrogens with zero attached hydrogens (tertiary/aromatic N) is 1. The highest BCUT2D eigenvalue weighted by Gasteiger charge is 2.13. The molecule has 0 fully saturated rings. The molecular weight excluding hydrogens is 303 g/mol. The summed E-state index contributed by atoms with van der Waals surface area (Å²) >= 11 is 3.12. The first-order valence-electron chi connectivity index (χ1n) is 5.08. The molecule has 1 heterocycles. The van der Waals surface area contributed by atoms with E-state index in [2.05, 4.69) is 31.2 Å². The van der Waals surface area contributed by atoms with Gasteiger partial charge in [0.2, 0.25) is 0 Å². The number of hydrogen-bond acceptors (Lipinski definition) is 3. The van der Waals surface area contributed by atoms with Crippen molar-refractivity contribution in [3.05, 3.63) is 46.2 Å². The first-order valence-corrected chi connectivity index (χ1v) is 5.87. The molecule has 1 aromatic heterocycles. The van der Waals surface area contributed by atoms with Crippen LogP contribution in [0.1, 0.15) is 16.1 Å². The van der Waals surface area contributed by atoms with E-state index >= 15 is 0 Å². The molecule has 2 rings (SSSR count). The van der Waals surface area contributed by atoms with Gasteiger partial charge in [-0.3, -0.25) is 4.79 Å². The zero-order valence-corrected chi connectivity index (χ0v) is 10.8. The summed E-state index contributed by atoms with van der Waals surface area (Å²) in [5.74, 6) is -0.907. The van der Waals surface area contributed by atoms with Crippen LogP contribution in [0.5, 0.6) is 0 Å². The highest BCUT2D eigenvalue weighted by Crippen LogP contribution is 2.22. The van der Waals surface area contributed by atoms with Gasteiger partial charge in [-0.2, -0.15) is 0 Å². The molecule has 2 aromatic rings. The fourth-order valence-corrected chi connectivity index (χ4v) is 1.89. The fourth-order valence-electron chi connectivity index (χ4n) is 1.39. The molecule has 0 aliphatic rings. The summed E-state index contributed by atoms with van der Waals surface area (Å²) < 4.78 is 13.5. The molecule has 0 saturated carbocycles. The minimum absolute atomic E-state index is 0.0649. The van der Waals surface area contributed by atoms with Crippen LogP contribution in [-0.4, -0.2) is 15.9 Å². The standard InChI is InChI=1S/C11H10BrFN4O/c12-8-2-9(13)10(14)1-7(8)11(18)16-4-6-3-15-5-17-6/h1-3,5H,4,14H2,(H,15,17)(H,16,18).